The van der Waals surface area contributed by atoms with Gasteiger partial charge in [0.1, 0.15) is 12.6 Å². The van der Waals surface area contributed by atoms with E-state index >= 15 is 0 Å². The molecule has 34 heavy (non-hydrogen) atoms. The number of carbonyl (C=O) groups is 2. The lowest BCUT2D eigenvalue weighted by Gasteiger charge is -2.33. The van der Waals surface area contributed by atoms with Crippen LogP contribution in [-0.2, 0) is 26.2 Å². The van der Waals surface area contributed by atoms with Crippen LogP contribution in [0.25, 0.3) is 0 Å². The number of benzene rings is 2. The summed E-state index contributed by atoms with van der Waals surface area (Å²) >= 11 is 6.04. The first-order valence-corrected chi connectivity index (χ1v) is 13.5. The molecule has 0 radical (unpaired) electrons. The number of halogens is 1. The minimum absolute atomic E-state index is 0.185. The molecule has 0 heterocycles. The second-order valence-corrected chi connectivity index (χ2v) is 11.1. The van der Waals surface area contributed by atoms with Crippen molar-refractivity contribution in [2.24, 2.45) is 5.92 Å². The van der Waals surface area contributed by atoms with Gasteiger partial charge in [-0.15, -0.1) is 0 Å². The Bertz CT molecular complexity index is 1090. The quantitative estimate of drug-likeness (QED) is 0.498. The molecular weight excluding hydrogens is 474 g/mol. The van der Waals surface area contributed by atoms with Crippen molar-refractivity contribution in [1.29, 1.82) is 0 Å². The van der Waals surface area contributed by atoms with Crippen molar-refractivity contribution in [3.8, 4) is 0 Å². The summed E-state index contributed by atoms with van der Waals surface area (Å²) in [5.41, 5.74) is 1.85. The maximum Gasteiger partial charge on any atom is 0.244 e. The Morgan fingerprint density at radius 1 is 1.09 bits per heavy atom. The molecule has 2 amide bonds. The fraction of sp³-hybridized carbons (Fsp3) is 0.440. The summed E-state index contributed by atoms with van der Waals surface area (Å²) < 4.78 is 26.4. The lowest BCUT2D eigenvalue weighted by Crippen LogP contribution is -2.52. The number of sulfonamides is 1. The SMILES string of the molecule is CC[C@H](C(=O)NCC(C)C)N(Cc1ccccc1)C(=O)CN(c1ccc(Cl)cc1C)S(C)(=O)=O. The van der Waals surface area contributed by atoms with Gasteiger partial charge in [0.2, 0.25) is 21.8 Å². The molecule has 0 fully saturated rings. The summed E-state index contributed by atoms with van der Waals surface area (Å²) in [6, 6.07) is 13.4. The third-order valence-electron chi connectivity index (χ3n) is 5.37. The number of rotatable bonds is 11. The van der Waals surface area contributed by atoms with Crippen LogP contribution in [0.3, 0.4) is 0 Å². The maximum atomic E-state index is 13.6. The standard InChI is InChI=1S/C25H34ClN3O4S/c1-6-22(25(31)27-15-18(2)3)28(16-20-10-8-7-9-11-20)24(30)17-29(34(5,32)33)23-13-12-21(26)14-19(23)4/h7-14,18,22H,6,15-17H2,1-5H3,(H,27,31)/t22-/m1/s1. The van der Waals surface area contributed by atoms with E-state index in [2.05, 4.69) is 5.32 Å². The largest absolute Gasteiger partial charge is 0.354 e. The summed E-state index contributed by atoms with van der Waals surface area (Å²) in [4.78, 5) is 28.1. The van der Waals surface area contributed by atoms with Gasteiger partial charge in [0, 0.05) is 18.1 Å². The Labute approximate surface area is 208 Å². The number of hydrogen-bond acceptors (Lipinski definition) is 4. The van der Waals surface area contributed by atoms with Crippen LogP contribution in [0.4, 0.5) is 5.69 Å². The van der Waals surface area contributed by atoms with Crippen molar-refractivity contribution in [3.05, 3.63) is 64.7 Å². The molecule has 1 N–H and O–H groups in total. The smallest absolute Gasteiger partial charge is 0.244 e. The highest BCUT2D eigenvalue weighted by Crippen LogP contribution is 2.26. The number of nitrogens with zero attached hydrogens (tertiary/aromatic N) is 2. The van der Waals surface area contributed by atoms with Gasteiger partial charge in [-0.25, -0.2) is 8.42 Å². The van der Waals surface area contributed by atoms with Crippen LogP contribution >= 0.6 is 11.6 Å². The predicted molar refractivity (Wildman–Crippen MR) is 137 cm³/mol. The number of aryl methyl sites for hydroxylation is 1. The zero-order valence-corrected chi connectivity index (χ0v) is 22.0. The topological polar surface area (TPSA) is 86.8 Å². The minimum Gasteiger partial charge on any atom is -0.354 e. The zero-order chi connectivity index (χ0) is 25.5. The molecule has 0 saturated carbocycles. The van der Waals surface area contributed by atoms with Gasteiger partial charge in [-0.2, -0.15) is 0 Å². The van der Waals surface area contributed by atoms with Gasteiger partial charge < -0.3 is 10.2 Å². The Hall–Kier alpha value is -2.58. The van der Waals surface area contributed by atoms with E-state index in [-0.39, 0.29) is 18.4 Å². The van der Waals surface area contributed by atoms with E-state index in [9.17, 15) is 18.0 Å². The van der Waals surface area contributed by atoms with E-state index in [0.717, 1.165) is 16.1 Å². The van der Waals surface area contributed by atoms with Crippen molar-refractivity contribution < 1.29 is 18.0 Å². The van der Waals surface area contributed by atoms with Crippen LogP contribution in [0.15, 0.2) is 48.5 Å². The number of hydrogen-bond donors (Lipinski definition) is 1. The van der Waals surface area contributed by atoms with E-state index in [1.54, 1.807) is 25.1 Å². The van der Waals surface area contributed by atoms with Gasteiger partial charge >= 0.3 is 0 Å². The normalized spacial score (nSPS) is 12.3. The van der Waals surface area contributed by atoms with Crippen molar-refractivity contribution in [3.63, 3.8) is 0 Å². The molecule has 7 nitrogen and oxygen atoms in total. The van der Waals surface area contributed by atoms with Gasteiger partial charge in [-0.05, 0) is 48.6 Å². The fourth-order valence-electron chi connectivity index (χ4n) is 3.62. The molecule has 1 atom stereocenters. The number of nitrogens with one attached hydrogen (secondary N) is 1. The first-order chi connectivity index (χ1) is 15.9. The molecule has 0 aromatic heterocycles. The number of amides is 2. The summed E-state index contributed by atoms with van der Waals surface area (Å²) in [7, 11) is -3.79. The number of carbonyl (C=O) groups excluding carboxylic acids is 2. The molecule has 0 saturated heterocycles. The van der Waals surface area contributed by atoms with E-state index in [1.807, 2.05) is 51.1 Å². The van der Waals surface area contributed by atoms with Crippen LogP contribution in [-0.4, -0.2) is 50.5 Å². The molecule has 186 valence electrons. The molecule has 2 aromatic carbocycles. The molecular formula is C25H34ClN3O4S. The first kappa shape index (κ1) is 27.7. The maximum absolute atomic E-state index is 13.6. The summed E-state index contributed by atoms with van der Waals surface area (Å²) in [5.74, 6) is -0.461. The van der Waals surface area contributed by atoms with Crippen LogP contribution in [0.5, 0.6) is 0 Å². The second-order valence-electron chi connectivity index (χ2n) is 8.77. The van der Waals surface area contributed by atoms with Crippen molar-refractivity contribution in [1.82, 2.24) is 10.2 Å². The summed E-state index contributed by atoms with van der Waals surface area (Å²) in [6.45, 7) is 7.80. The Morgan fingerprint density at radius 3 is 2.26 bits per heavy atom. The fourth-order valence-corrected chi connectivity index (χ4v) is 4.75. The number of anilines is 1. The highest BCUT2D eigenvalue weighted by Gasteiger charge is 2.32. The second kappa shape index (κ2) is 12.2. The molecule has 2 aromatic rings. The summed E-state index contributed by atoms with van der Waals surface area (Å²) in [5, 5.41) is 3.38. The van der Waals surface area contributed by atoms with E-state index in [0.29, 0.717) is 29.2 Å². The molecule has 9 heteroatoms. The van der Waals surface area contributed by atoms with Crippen molar-refractivity contribution in [2.45, 2.75) is 46.7 Å². The van der Waals surface area contributed by atoms with Gasteiger partial charge in [-0.1, -0.05) is 62.7 Å². The predicted octanol–water partition coefficient (Wildman–Crippen LogP) is 3.99. The molecule has 2 rings (SSSR count). The van der Waals surface area contributed by atoms with Crippen LogP contribution in [0.1, 0.15) is 38.3 Å². The molecule has 0 aliphatic carbocycles. The molecule has 0 aliphatic heterocycles. The molecule has 0 bridgehead atoms. The molecule has 0 aliphatic rings. The average Bonchev–Trinajstić information content (AvgIpc) is 2.76. The highest BCUT2D eigenvalue weighted by molar-refractivity contribution is 7.92. The van der Waals surface area contributed by atoms with Crippen LogP contribution in [0.2, 0.25) is 5.02 Å². The van der Waals surface area contributed by atoms with Crippen LogP contribution in [0, 0.1) is 12.8 Å². The van der Waals surface area contributed by atoms with E-state index < -0.39 is 28.5 Å². The summed E-state index contributed by atoms with van der Waals surface area (Å²) in [6.07, 6.45) is 1.45. The van der Waals surface area contributed by atoms with Gasteiger partial charge in [0.25, 0.3) is 0 Å². The Morgan fingerprint density at radius 2 is 1.74 bits per heavy atom. The monoisotopic (exact) mass is 507 g/mol. The van der Waals surface area contributed by atoms with Gasteiger partial charge in [0.05, 0.1) is 11.9 Å². The van der Waals surface area contributed by atoms with Crippen LogP contribution < -0.4 is 9.62 Å². The van der Waals surface area contributed by atoms with Gasteiger partial charge in [0.15, 0.2) is 0 Å². The van der Waals surface area contributed by atoms with E-state index in [1.165, 1.54) is 4.90 Å². The van der Waals surface area contributed by atoms with Gasteiger partial charge in [-0.3, -0.25) is 13.9 Å². The Balaban J connectivity index is 2.42. The van der Waals surface area contributed by atoms with Crippen molar-refractivity contribution >= 4 is 39.1 Å². The Kier molecular flexibility index (Phi) is 9.94. The van der Waals surface area contributed by atoms with E-state index in [4.69, 9.17) is 11.6 Å². The van der Waals surface area contributed by atoms with Crippen molar-refractivity contribution in [2.75, 3.05) is 23.7 Å². The lowest BCUT2D eigenvalue weighted by atomic mass is 10.1. The first-order valence-electron chi connectivity index (χ1n) is 11.3. The zero-order valence-electron chi connectivity index (χ0n) is 20.4. The third-order valence-corrected chi connectivity index (χ3v) is 6.73. The third kappa shape index (κ3) is 7.74. The molecule has 0 unspecified atom stereocenters. The average molecular weight is 508 g/mol. The highest BCUT2D eigenvalue weighted by atomic mass is 35.5. The molecule has 0 spiro atoms. The lowest BCUT2D eigenvalue weighted by molar-refractivity contribution is -0.140. The minimum atomic E-state index is -3.79.